The van der Waals surface area contributed by atoms with Crippen molar-refractivity contribution in [2.45, 2.75) is 49.8 Å². The van der Waals surface area contributed by atoms with Gasteiger partial charge in [0.15, 0.2) is 0 Å². The second-order valence-electron chi connectivity index (χ2n) is 4.89. The van der Waals surface area contributed by atoms with Crippen molar-refractivity contribution in [3.63, 3.8) is 0 Å². The van der Waals surface area contributed by atoms with Crippen LogP contribution in [0.1, 0.15) is 19.8 Å². The fourth-order valence-corrected chi connectivity index (χ4v) is 1.98. The number of carboxylic acid groups (broad SMARTS) is 2. The van der Waals surface area contributed by atoms with E-state index in [1.165, 1.54) is 6.92 Å². The van der Waals surface area contributed by atoms with Crippen LogP contribution in [-0.4, -0.2) is 74.2 Å². The Labute approximate surface area is 114 Å². The Morgan fingerprint density at radius 3 is 2.45 bits per heavy atom. The topological polar surface area (TPSA) is 157 Å². The Kier molecular flexibility index (Phi) is 5.42. The van der Waals surface area contributed by atoms with Gasteiger partial charge in [0.2, 0.25) is 0 Å². The molecule has 6 N–H and O–H groups in total. The van der Waals surface area contributed by atoms with Gasteiger partial charge >= 0.3 is 11.9 Å². The SMILES string of the molecule is C[C@@]1(N[C@@H](CCC(=O)O)C(=O)O)OC[C@@H](O)[C@@H](O)[C@@H]1O. The highest BCUT2D eigenvalue weighted by molar-refractivity contribution is 5.75. The van der Waals surface area contributed by atoms with Crippen molar-refractivity contribution in [3.05, 3.63) is 0 Å². The number of aliphatic hydroxyl groups is 3. The molecule has 1 aliphatic heterocycles. The molecule has 0 amide bonds. The predicted molar refractivity (Wildman–Crippen MR) is 63.8 cm³/mol. The van der Waals surface area contributed by atoms with Gasteiger partial charge in [-0.1, -0.05) is 0 Å². The Hall–Kier alpha value is -1.26. The lowest BCUT2D eigenvalue weighted by atomic mass is 9.94. The molecule has 116 valence electrons. The molecule has 1 fully saturated rings. The summed E-state index contributed by atoms with van der Waals surface area (Å²) in [4.78, 5) is 21.6. The van der Waals surface area contributed by atoms with Crippen molar-refractivity contribution in [3.8, 4) is 0 Å². The quantitative estimate of drug-likeness (QED) is 0.317. The second kappa shape index (κ2) is 6.46. The van der Waals surface area contributed by atoms with Gasteiger partial charge in [0.25, 0.3) is 0 Å². The molecule has 0 saturated carbocycles. The molecule has 5 atom stereocenters. The Morgan fingerprint density at radius 1 is 1.35 bits per heavy atom. The maximum absolute atomic E-state index is 11.1. The standard InChI is InChI=1S/C11H19NO8/c1-11(9(17)8(16)6(13)4-20-11)12-5(10(18)19)2-3-7(14)15/h5-6,8-9,12-13,16-17H,2-4H2,1H3,(H,14,15)(H,18,19)/t5-,6+,8+,9-,11+/m0/s1. The predicted octanol–water partition coefficient (Wildman–Crippen LogP) is -2.28. The zero-order valence-electron chi connectivity index (χ0n) is 10.9. The summed E-state index contributed by atoms with van der Waals surface area (Å²) in [7, 11) is 0. The van der Waals surface area contributed by atoms with Crippen molar-refractivity contribution in [1.82, 2.24) is 5.32 Å². The minimum atomic E-state index is -1.60. The lowest BCUT2D eigenvalue weighted by Gasteiger charge is -2.44. The monoisotopic (exact) mass is 293 g/mol. The molecule has 9 heteroatoms. The number of aliphatic hydroxyl groups excluding tert-OH is 3. The van der Waals surface area contributed by atoms with Crippen LogP contribution in [0.25, 0.3) is 0 Å². The zero-order valence-corrected chi connectivity index (χ0v) is 10.9. The van der Waals surface area contributed by atoms with Gasteiger partial charge in [0, 0.05) is 6.42 Å². The first-order valence-corrected chi connectivity index (χ1v) is 6.08. The van der Waals surface area contributed by atoms with Crippen LogP contribution in [0.3, 0.4) is 0 Å². The second-order valence-corrected chi connectivity index (χ2v) is 4.89. The van der Waals surface area contributed by atoms with Crippen LogP contribution < -0.4 is 5.32 Å². The molecule has 0 aromatic heterocycles. The third-order valence-electron chi connectivity index (χ3n) is 3.24. The number of ether oxygens (including phenoxy) is 1. The first kappa shape index (κ1) is 16.8. The zero-order chi connectivity index (χ0) is 15.5. The third kappa shape index (κ3) is 3.87. The number of carboxylic acids is 2. The summed E-state index contributed by atoms with van der Waals surface area (Å²) in [5.74, 6) is -2.45. The summed E-state index contributed by atoms with van der Waals surface area (Å²) in [6, 6.07) is -1.27. The molecule has 0 unspecified atom stereocenters. The van der Waals surface area contributed by atoms with Gasteiger partial charge in [-0.25, -0.2) is 0 Å². The van der Waals surface area contributed by atoms with Gasteiger partial charge in [-0.05, 0) is 13.3 Å². The normalized spacial score (nSPS) is 35.5. The molecule has 1 rings (SSSR count). The van der Waals surface area contributed by atoms with Crippen LogP contribution in [0, 0.1) is 0 Å². The van der Waals surface area contributed by atoms with E-state index in [0.717, 1.165) is 0 Å². The molecule has 0 bridgehead atoms. The minimum Gasteiger partial charge on any atom is -0.481 e. The molecule has 0 aliphatic carbocycles. The number of hydrogen-bond donors (Lipinski definition) is 6. The van der Waals surface area contributed by atoms with Crippen LogP contribution in [0.4, 0.5) is 0 Å². The lowest BCUT2D eigenvalue weighted by molar-refractivity contribution is -0.243. The van der Waals surface area contributed by atoms with E-state index in [1.807, 2.05) is 0 Å². The van der Waals surface area contributed by atoms with Gasteiger partial charge in [0.1, 0.15) is 30.1 Å². The van der Waals surface area contributed by atoms with E-state index in [-0.39, 0.29) is 19.4 Å². The van der Waals surface area contributed by atoms with E-state index in [0.29, 0.717) is 0 Å². The van der Waals surface area contributed by atoms with Crippen molar-refractivity contribution in [1.29, 1.82) is 0 Å². The minimum absolute atomic E-state index is 0.213. The number of carbonyl (C=O) groups is 2. The fourth-order valence-electron chi connectivity index (χ4n) is 1.98. The molecule has 0 spiro atoms. The molecule has 20 heavy (non-hydrogen) atoms. The number of rotatable bonds is 6. The first-order valence-electron chi connectivity index (χ1n) is 6.08. The van der Waals surface area contributed by atoms with Crippen LogP contribution in [0.5, 0.6) is 0 Å². The van der Waals surface area contributed by atoms with Crippen molar-refractivity contribution < 1.29 is 39.9 Å². The highest BCUT2D eigenvalue weighted by Gasteiger charge is 2.47. The molecule has 9 nitrogen and oxygen atoms in total. The summed E-state index contributed by atoms with van der Waals surface area (Å²) in [6.07, 6.45) is -4.91. The lowest BCUT2D eigenvalue weighted by Crippen LogP contribution is -2.68. The highest BCUT2D eigenvalue weighted by Crippen LogP contribution is 2.24. The van der Waals surface area contributed by atoms with E-state index in [9.17, 15) is 24.9 Å². The van der Waals surface area contributed by atoms with Crippen molar-refractivity contribution in [2.24, 2.45) is 0 Å². The Bertz CT molecular complexity index is 375. The maximum atomic E-state index is 11.1. The molecule has 0 aromatic rings. The van der Waals surface area contributed by atoms with Crippen LogP contribution in [-0.2, 0) is 14.3 Å². The molecule has 1 saturated heterocycles. The summed E-state index contributed by atoms with van der Waals surface area (Å²) in [6.45, 7) is 1.04. The fraction of sp³-hybridized carbons (Fsp3) is 0.818. The van der Waals surface area contributed by atoms with Crippen molar-refractivity contribution in [2.75, 3.05) is 6.61 Å². The highest BCUT2D eigenvalue weighted by atomic mass is 16.5. The number of hydrogen-bond acceptors (Lipinski definition) is 7. The molecule has 0 radical (unpaired) electrons. The summed E-state index contributed by atoms with van der Waals surface area (Å²) in [5, 5.41) is 48.9. The Balaban J connectivity index is 2.75. The number of nitrogens with one attached hydrogen (secondary N) is 1. The molecular weight excluding hydrogens is 274 g/mol. The van der Waals surface area contributed by atoms with E-state index in [2.05, 4.69) is 5.32 Å². The maximum Gasteiger partial charge on any atom is 0.320 e. The summed E-state index contributed by atoms with van der Waals surface area (Å²) in [5.41, 5.74) is -1.60. The van der Waals surface area contributed by atoms with Crippen molar-refractivity contribution >= 4 is 11.9 Å². The van der Waals surface area contributed by atoms with Crippen LogP contribution in [0.15, 0.2) is 0 Å². The van der Waals surface area contributed by atoms with Gasteiger partial charge in [0.05, 0.1) is 6.61 Å². The van der Waals surface area contributed by atoms with Gasteiger partial charge in [-0.2, -0.15) is 0 Å². The number of aliphatic carboxylic acids is 2. The van der Waals surface area contributed by atoms with E-state index >= 15 is 0 Å². The average Bonchev–Trinajstić information content (AvgIpc) is 2.37. The van der Waals surface area contributed by atoms with E-state index < -0.39 is 42.0 Å². The summed E-state index contributed by atoms with van der Waals surface area (Å²) < 4.78 is 5.17. The Morgan fingerprint density at radius 2 is 1.95 bits per heavy atom. The summed E-state index contributed by atoms with van der Waals surface area (Å²) >= 11 is 0. The average molecular weight is 293 g/mol. The van der Waals surface area contributed by atoms with Crippen LogP contribution in [0.2, 0.25) is 0 Å². The largest absolute Gasteiger partial charge is 0.481 e. The van der Waals surface area contributed by atoms with Gasteiger partial charge in [-0.15, -0.1) is 0 Å². The smallest absolute Gasteiger partial charge is 0.320 e. The molecule has 1 heterocycles. The van der Waals surface area contributed by atoms with E-state index in [1.54, 1.807) is 0 Å². The molecule has 0 aromatic carbocycles. The van der Waals surface area contributed by atoms with Gasteiger partial charge in [-0.3, -0.25) is 14.9 Å². The van der Waals surface area contributed by atoms with E-state index in [4.69, 9.17) is 14.9 Å². The first-order chi connectivity index (χ1) is 9.17. The third-order valence-corrected chi connectivity index (χ3v) is 3.24. The van der Waals surface area contributed by atoms with Gasteiger partial charge < -0.3 is 30.3 Å². The molecular formula is C11H19NO8. The van der Waals surface area contributed by atoms with Crippen LogP contribution >= 0.6 is 0 Å². The molecule has 1 aliphatic rings.